The van der Waals surface area contributed by atoms with E-state index >= 15 is 0 Å². The van der Waals surface area contributed by atoms with Gasteiger partial charge in [-0.3, -0.25) is 23.9 Å². The zero-order valence-electron chi connectivity index (χ0n) is 25.2. The molecule has 0 radical (unpaired) electrons. The number of Topliss-reactive ketones (excluding diaryl/α,β-unsaturated/α-hetero) is 1. The summed E-state index contributed by atoms with van der Waals surface area (Å²) < 4.78 is 7.55. The first-order valence-corrected chi connectivity index (χ1v) is 15.2. The van der Waals surface area contributed by atoms with Crippen molar-refractivity contribution in [3.05, 3.63) is 75.8 Å². The second kappa shape index (κ2) is 12.9. The Hall–Kier alpha value is -4.64. The smallest absolute Gasteiger partial charge is 0.263 e. The van der Waals surface area contributed by atoms with E-state index < -0.39 is 0 Å². The van der Waals surface area contributed by atoms with Crippen molar-refractivity contribution in [2.75, 3.05) is 49.5 Å². The number of hydrogen-bond donors (Lipinski definition) is 1. The fraction of sp³-hybridized carbons (Fsp3) is 0.394. The Morgan fingerprint density at radius 3 is 2.43 bits per heavy atom. The van der Waals surface area contributed by atoms with E-state index in [9.17, 15) is 14.4 Å². The highest BCUT2D eigenvalue weighted by Gasteiger charge is 2.26. The lowest BCUT2D eigenvalue weighted by atomic mass is 10.0. The van der Waals surface area contributed by atoms with E-state index in [1.54, 1.807) is 29.8 Å². The van der Waals surface area contributed by atoms with Gasteiger partial charge >= 0.3 is 0 Å². The van der Waals surface area contributed by atoms with E-state index in [0.29, 0.717) is 35.1 Å². The molecule has 11 heteroatoms. The molecule has 1 aromatic carbocycles. The fourth-order valence-electron chi connectivity index (χ4n) is 6.24. The van der Waals surface area contributed by atoms with E-state index in [1.165, 1.54) is 6.92 Å². The summed E-state index contributed by atoms with van der Waals surface area (Å²) in [5.74, 6) is 1.50. The predicted octanol–water partition coefficient (Wildman–Crippen LogP) is 4.57. The van der Waals surface area contributed by atoms with Crippen LogP contribution in [0, 0.1) is 6.92 Å². The molecule has 4 aromatic rings. The minimum atomic E-state index is -0.264. The van der Waals surface area contributed by atoms with Crippen molar-refractivity contribution in [1.82, 2.24) is 24.4 Å². The third-order valence-electron chi connectivity index (χ3n) is 8.67. The summed E-state index contributed by atoms with van der Waals surface area (Å²) >= 11 is 0. The van der Waals surface area contributed by atoms with Crippen molar-refractivity contribution in [2.45, 2.75) is 45.6 Å². The van der Waals surface area contributed by atoms with Crippen molar-refractivity contribution in [3.63, 3.8) is 0 Å². The van der Waals surface area contributed by atoms with E-state index in [2.05, 4.69) is 25.1 Å². The maximum absolute atomic E-state index is 13.5. The van der Waals surface area contributed by atoms with E-state index in [-0.39, 0.29) is 22.9 Å². The molecular formula is C33H37N7O4. The van der Waals surface area contributed by atoms with Crippen LogP contribution >= 0.6 is 0 Å². The lowest BCUT2D eigenvalue weighted by Crippen LogP contribution is -2.47. The Balaban J connectivity index is 1.09. The van der Waals surface area contributed by atoms with E-state index in [1.807, 2.05) is 30.5 Å². The molecule has 1 saturated heterocycles. The number of piperazine rings is 1. The van der Waals surface area contributed by atoms with Gasteiger partial charge in [-0.2, -0.15) is 4.98 Å². The molecule has 2 fully saturated rings. The number of nitrogens with one attached hydrogen (secondary N) is 1. The van der Waals surface area contributed by atoms with Crippen LogP contribution in [0.3, 0.4) is 0 Å². The molecule has 44 heavy (non-hydrogen) atoms. The second-order valence-electron chi connectivity index (χ2n) is 11.5. The Kier molecular flexibility index (Phi) is 8.65. The molecule has 0 atom stereocenters. The third-order valence-corrected chi connectivity index (χ3v) is 8.67. The molecule has 2 aliphatic rings. The minimum absolute atomic E-state index is 0.0264. The van der Waals surface area contributed by atoms with Gasteiger partial charge in [0.1, 0.15) is 30.1 Å². The van der Waals surface area contributed by atoms with Crippen molar-refractivity contribution in [1.29, 1.82) is 0 Å². The molecule has 0 amide bonds. The number of hydrogen-bond acceptors (Lipinski definition) is 10. The number of benzene rings is 1. The van der Waals surface area contributed by atoms with Crippen molar-refractivity contribution >= 4 is 40.6 Å². The van der Waals surface area contributed by atoms with Crippen LogP contribution in [-0.2, 0) is 0 Å². The summed E-state index contributed by atoms with van der Waals surface area (Å²) in [6.07, 6.45) is 8.26. The van der Waals surface area contributed by atoms with Gasteiger partial charge in [-0.15, -0.1) is 0 Å². The van der Waals surface area contributed by atoms with Crippen LogP contribution < -0.4 is 20.5 Å². The average molecular weight is 596 g/mol. The predicted molar refractivity (Wildman–Crippen MR) is 170 cm³/mol. The van der Waals surface area contributed by atoms with Gasteiger partial charge in [0.25, 0.3) is 5.56 Å². The Morgan fingerprint density at radius 2 is 1.77 bits per heavy atom. The van der Waals surface area contributed by atoms with Gasteiger partial charge < -0.3 is 15.0 Å². The molecule has 228 valence electrons. The standard InChI is InChI=1S/C33H37N7O4/c1-22-28-20-35-33(37-31(28)40(25-5-3-4-6-25)32(43)30(22)23(2)42)36-29-12-9-26(19-34-29)39-15-13-38(14-16-39)17-18-44-27-10-7-24(21-41)8-11-27/h7-12,19-21,25H,3-6,13-18H2,1-2H3,(H,34,35,36,37). The number of carbonyl (C=O) groups excluding carboxylic acids is 2. The normalized spacial score (nSPS) is 15.9. The number of aryl methyl sites for hydroxylation is 1. The van der Waals surface area contributed by atoms with Crippen LogP contribution in [0.25, 0.3) is 11.0 Å². The average Bonchev–Trinajstić information content (AvgIpc) is 3.57. The van der Waals surface area contributed by atoms with E-state index in [4.69, 9.17) is 9.72 Å². The molecule has 1 saturated carbocycles. The highest BCUT2D eigenvalue weighted by Crippen LogP contribution is 2.32. The molecule has 0 unspecified atom stereocenters. The van der Waals surface area contributed by atoms with Crippen LogP contribution in [0.4, 0.5) is 17.5 Å². The quantitative estimate of drug-likeness (QED) is 0.206. The van der Waals surface area contributed by atoms with Gasteiger partial charge in [0.2, 0.25) is 5.95 Å². The van der Waals surface area contributed by atoms with Gasteiger partial charge in [0.15, 0.2) is 5.78 Å². The van der Waals surface area contributed by atoms with Crippen LogP contribution in [0.15, 0.2) is 53.6 Å². The first-order chi connectivity index (χ1) is 21.4. The Bertz CT molecular complexity index is 1710. The molecule has 1 aliphatic heterocycles. The lowest BCUT2D eigenvalue weighted by molar-refractivity contribution is 0.101. The number of aldehydes is 1. The minimum Gasteiger partial charge on any atom is -0.492 e. The molecule has 0 spiro atoms. The van der Waals surface area contributed by atoms with Crippen LogP contribution in [0.5, 0.6) is 5.75 Å². The number of rotatable bonds is 10. The number of carbonyl (C=O) groups is 2. The van der Waals surface area contributed by atoms with Gasteiger partial charge in [-0.25, -0.2) is 9.97 Å². The summed E-state index contributed by atoms with van der Waals surface area (Å²) in [5, 5.41) is 3.91. The molecule has 1 aliphatic carbocycles. The summed E-state index contributed by atoms with van der Waals surface area (Å²) in [6.45, 7) is 8.27. The first kappa shape index (κ1) is 29.4. The van der Waals surface area contributed by atoms with Crippen LogP contribution in [-0.4, -0.2) is 75.8 Å². The Labute approximate surface area is 255 Å². The number of aromatic nitrogens is 4. The molecule has 0 bridgehead atoms. The summed E-state index contributed by atoms with van der Waals surface area (Å²) in [4.78, 5) is 55.2. The molecule has 4 heterocycles. The Morgan fingerprint density at radius 1 is 1.02 bits per heavy atom. The van der Waals surface area contributed by atoms with Gasteiger partial charge in [0, 0.05) is 55.9 Å². The van der Waals surface area contributed by atoms with Gasteiger partial charge in [-0.05, 0) is 68.7 Å². The number of nitrogens with zero attached hydrogens (tertiary/aromatic N) is 6. The number of fused-ring (bicyclic) bond motifs is 1. The van der Waals surface area contributed by atoms with Crippen LogP contribution in [0.2, 0.25) is 0 Å². The lowest BCUT2D eigenvalue weighted by Gasteiger charge is -2.35. The second-order valence-corrected chi connectivity index (χ2v) is 11.5. The van der Waals surface area contributed by atoms with Crippen molar-refractivity contribution in [3.8, 4) is 5.75 Å². The SMILES string of the molecule is CC(=O)c1c(C)c2cnc(Nc3ccc(N4CCN(CCOc5ccc(C=O)cc5)CC4)cn3)nc2n(C2CCCC2)c1=O. The third kappa shape index (κ3) is 6.19. The van der Waals surface area contributed by atoms with E-state index in [0.717, 1.165) is 81.5 Å². The summed E-state index contributed by atoms with van der Waals surface area (Å²) in [5.41, 5.74) is 2.82. The molecular weight excluding hydrogens is 558 g/mol. The maximum atomic E-state index is 13.5. The number of ether oxygens (including phenoxy) is 1. The van der Waals surface area contributed by atoms with Crippen molar-refractivity contribution in [2.24, 2.45) is 0 Å². The molecule has 3 aromatic heterocycles. The molecule has 1 N–H and O–H groups in total. The highest BCUT2D eigenvalue weighted by atomic mass is 16.5. The largest absolute Gasteiger partial charge is 0.492 e. The molecule has 11 nitrogen and oxygen atoms in total. The number of anilines is 3. The fourth-order valence-corrected chi connectivity index (χ4v) is 6.24. The van der Waals surface area contributed by atoms with Crippen molar-refractivity contribution < 1.29 is 14.3 Å². The zero-order chi connectivity index (χ0) is 30.6. The number of ketones is 1. The monoisotopic (exact) mass is 595 g/mol. The topological polar surface area (TPSA) is 123 Å². The first-order valence-electron chi connectivity index (χ1n) is 15.2. The summed E-state index contributed by atoms with van der Waals surface area (Å²) in [7, 11) is 0. The zero-order valence-corrected chi connectivity index (χ0v) is 25.2. The maximum Gasteiger partial charge on any atom is 0.263 e. The highest BCUT2D eigenvalue weighted by molar-refractivity contribution is 5.99. The summed E-state index contributed by atoms with van der Waals surface area (Å²) in [6, 6.07) is 11.1. The number of pyridine rings is 2. The van der Waals surface area contributed by atoms with Crippen LogP contribution in [0.1, 0.15) is 64.9 Å². The van der Waals surface area contributed by atoms with Gasteiger partial charge in [0.05, 0.1) is 17.4 Å². The molecule has 6 rings (SSSR count). The van der Waals surface area contributed by atoms with Gasteiger partial charge in [-0.1, -0.05) is 12.8 Å².